The Labute approximate surface area is 162 Å². The number of carbonyl (C=O) groups excluding carboxylic acids is 2. The Morgan fingerprint density at radius 3 is 2.00 bits per heavy atom. The Bertz CT molecular complexity index is 958. The van der Waals surface area contributed by atoms with Gasteiger partial charge in [-0.25, -0.2) is 4.79 Å². The van der Waals surface area contributed by atoms with Gasteiger partial charge < -0.3 is 14.6 Å². The monoisotopic (exact) mass is 374 g/mol. The number of benzene rings is 3. The highest BCUT2D eigenvalue weighted by Gasteiger charge is 2.09. The number of aliphatic hydroxyl groups excluding tert-OH is 1. The maximum atomic E-state index is 12.5. The minimum Gasteiger partial charge on any atom is -0.468 e. The predicted molar refractivity (Wildman–Crippen MR) is 105 cm³/mol. The summed E-state index contributed by atoms with van der Waals surface area (Å²) in [6.07, 6.45) is 2.96. The summed E-state index contributed by atoms with van der Waals surface area (Å²) in [7, 11) is 0. The van der Waals surface area contributed by atoms with E-state index in [9.17, 15) is 9.59 Å². The lowest BCUT2D eigenvalue weighted by molar-refractivity contribution is -0.128. The molecule has 28 heavy (non-hydrogen) atoms. The van der Waals surface area contributed by atoms with Crippen LogP contribution in [0.15, 0.2) is 84.9 Å². The number of hydrogen-bond acceptors (Lipinski definition) is 5. The number of para-hydroxylation sites is 1. The highest BCUT2D eigenvalue weighted by atomic mass is 16.6. The van der Waals surface area contributed by atoms with Crippen LogP contribution in [-0.2, 0) is 4.79 Å². The Hall–Kier alpha value is -3.70. The first-order valence-electron chi connectivity index (χ1n) is 8.59. The Kier molecular flexibility index (Phi) is 6.33. The molecule has 1 N–H and O–H groups in total. The number of rotatable bonds is 7. The molecule has 140 valence electrons. The Morgan fingerprint density at radius 1 is 0.786 bits per heavy atom. The minimum absolute atomic E-state index is 0.130. The summed E-state index contributed by atoms with van der Waals surface area (Å²) in [5, 5.41) is 8.73. The largest absolute Gasteiger partial charge is 0.468 e. The average Bonchev–Trinajstić information content (AvgIpc) is 2.74. The molecule has 0 spiro atoms. The molecule has 0 aromatic heterocycles. The molecule has 0 amide bonds. The van der Waals surface area contributed by atoms with Crippen LogP contribution in [0.1, 0.15) is 21.5 Å². The first kappa shape index (κ1) is 19.1. The standard InChI is InChI=1S/C23H18O5/c24-16-27-20-13-11-19(12-14-20)23(26)18-9-6-17(7-10-18)8-15-22(25)28-21-4-2-1-3-5-21/h1-15,24H,16H2. The van der Waals surface area contributed by atoms with E-state index in [1.807, 2.05) is 6.07 Å². The molecule has 0 aliphatic rings. The molecule has 0 aliphatic carbocycles. The first-order valence-corrected chi connectivity index (χ1v) is 8.59. The van der Waals surface area contributed by atoms with Crippen molar-refractivity contribution in [1.82, 2.24) is 0 Å². The van der Waals surface area contributed by atoms with Crippen LogP contribution in [0.25, 0.3) is 6.08 Å². The summed E-state index contributed by atoms with van der Waals surface area (Å²) < 4.78 is 10.1. The van der Waals surface area contributed by atoms with E-state index in [4.69, 9.17) is 14.6 Å². The topological polar surface area (TPSA) is 72.8 Å². The van der Waals surface area contributed by atoms with Gasteiger partial charge in [0.05, 0.1) is 0 Å². The van der Waals surface area contributed by atoms with Gasteiger partial charge in [0, 0.05) is 17.2 Å². The summed E-state index contributed by atoms with van der Waals surface area (Å²) in [6.45, 7) is -0.416. The summed E-state index contributed by atoms with van der Waals surface area (Å²) in [6, 6.07) is 22.2. The zero-order chi connectivity index (χ0) is 19.8. The average molecular weight is 374 g/mol. The molecular formula is C23H18O5. The van der Waals surface area contributed by atoms with E-state index in [-0.39, 0.29) is 5.78 Å². The van der Waals surface area contributed by atoms with Gasteiger partial charge in [-0.05, 0) is 48.0 Å². The summed E-state index contributed by atoms with van der Waals surface area (Å²) in [4.78, 5) is 24.3. The molecule has 3 aromatic rings. The van der Waals surface area contributed by atoms with Crippen LogP contribution in [0.4, 0.5) is 0 Å². The van der Waals surface area contributed by atoms with Crippen molar-refractivity contribution in [2.75, 3.05) is 6.79 Å². The van der Waals surface area contributed by atoms with Crippen molar-refractivity contribution in [2.24, 2.45) is 0 Å². The Balaban J connectivity index is 1.62. The van der Waals surface area contributed by atoms with Gasteiger partial charge >= 0.3 is 5.97 Å². The van der Waals surface area contributed by atoms with E-state index in [2.05, 4.69) is 0 Å². The van der Waals surface area contributed by atoms with Gasteiger partial charge in [-0.1, -0.05) is 42.5 Å². The maximum Gasteiger partial charge on any atom is 0.336 e. The SMILES string of the molecule is O=C(C=Cc1ccc(C(=O)c2ccc(OCO)cc2)cc1)Oc1ccccc1. The van der Waals surface area contributed by atoms with Crippen molar-refractivity contribution < 1.29 is 24.2 Å². The molecule has 0 unspecified atom stereocenters. The number of ketones is 1. The quantitative estimate of drug-likeness (QED) is 0.223. The van der Waals surface area contributed by atoms with Crippen LogP contribution < -0.4 is 9.47 Å². The van der Waals surface area contributed by atoms with Crippen molar-refractivity contribution >= 4 is 17.8 Å². The fraction of sp³-hybridized carbons (Fsp3) is 0.0435. The van der Waals surface area contributed by atoms with Gasteiger partial charge in [-0.3, -0.25) is 4.79 Å². The van der Waals surface area contributed by atoms with Crippen LogP contribution >= 0.6 is 0 Å². The summed E-state index contributed by atoms with van der Waals surface area (Å²) in [5.41, 5.74) is 1.81. The van der Waals surface area contributed by atoms with Gasteiger partial charge in [0.15, 0.2) is 12.6 Å². The molecule has 0 bridgehead atoms. The zero-order valence-corrected chi connectivity index (χ0v) is 14.9. The number of carbonyl (C=O) groups is 2. The fourth-order valence-electron chi connectivity index (χ4n) is 2.49. The van der Waals surface area contributed by atoms with E-state index in [1.54, 1.807) is 78.9 Å². The van der Waals surface area contributed by atoms with E-state index in [1.165, 1.54) is 6.08 Å². The highest BCUT2D eigenvalue weighted by molar-refractivity contribution is 6.09. The molecule has 0 aliphatic heterocycles. The van der Waals surface area contributed by atoms with Gasteiger partial charge in [-0.2, -0.15) is 0 Å². The van der Waals surface area contributed by atoms with Crippen molar-refractivity contribution in [2.45, 2.75) is 0 Å². The highest BCUT2D eigenvalue weighted by Crippen LogP contribution is 2.16. The molecule has 0 radical (unpaired) electrons. The van der Waals surface area contributed by atoms with Crippen LogP contribution in [0.3, 0.4) is 0 Å². The number of hydrogen-bond donors (Lipinski definition) is 1. The second-order valence-electron chi connectivity index (χ2n) is 5.82. The van der Waals surface area contributed by atoms with Crippen LogP contribution in [0, 0.1) is 0 Å². The van der Waals surface area contributed by atoms with Gasteiger partial charge in [0.2, 0.25) is 0 Å². The third-order valence-electron chi connectivity index (χ3n) is 3.89. The number of esters is 1. The first-order chi connectivity index (χ1) is 13.7. The molecule has 0 fully saturated rings. The zero-order valence-electron chi connectivity index (χ0n) is 14.9. The molecule has 0 saturated heterocycles. The van der Waals surface area contributed by atoms with Crippen LogP contribution in [-0.4, -0.2) is 23.7 Å². The van der Waals surface area contributed by atoms with Crippen molar-refractivity contribution in [3.05, 3.63) is 102 Å². The molecule has 5 nitrogen and oxygen atoms in total. The minimum atomic E-state index is -0.475. The normalized spacial score (nSPS) is 10.6. The van der Waals surface area contributed by atoms with Crippen molar-refractivity contribution in [3.8, 4) is 11.5 Å². The third-order valence-corrected chi connectivity index (χ3v) is 3.89. The Morgan fingerprint density at radius 2 is 1.39 bits per heavy atom. The predicted octanol–water partition coefficient (Wildman–Crippen LogP) is 3.87. The van der Waals surface area contributed by atoms with Gasteiger partial charge in [0.1, 0.15) is 11.5 Å². The second-order valence-corrected chi connectivity index (χ2v) is 5.82. The number of ether oxygens (including phenoxy) is 2. The molecule has 3 rings (SSSR count). The van der Waals surface area contributed by atoms with E-state index in [0.29, 0.717) is 22.6 Å². The number of aliphatic hydroxyl groups is 1. The lowest BCUT2D eigenvalue weighted by Crippen LogP contribution is -2.03. The van der Waals surface area contributed by atoms with Gasteiger partial charge in [-0.15, -0.1) is 0 Å². The summed E-state index contributed by atoms with van der Waals surface area (Å²) >= 11 is 0. The van der Waals surface area contributed by atoms with Crippen LogP contribution in [0.5, 0.6) is 11.5 Å². The lowest BCUT2D eigenvalue weighted by Gasteiger charge is -2.05. The molecular weight excluding hydrogens is 356 g/mol. The van der Waals surface area contributed by atoms with E-state index < -0.39 is 12.8 Å². The molecule has 3 aromatic carbocycles. The fourth-order valence-corrected chi connectivity index (χ4v) is 2.49. The molecule has 5 heteroatoms. The molecule has 0 heterocycles. The smallest absolute Gasteiger partial charge is 0.336 e. The third kappa shape index (κ3) is 5.16. The van der Waals surface area contributed by atoms with E-state index in [0.717, 1.165) is 5.56 Å². The van der Waals surface area contributed by atoms with E-state index >= 15 is 0 Å². The second kappa shape index (κ2) is 9.30. The summed E-state index contributed by atoms with van der Waals surface area (Å²) in [5.74, 6) is 0.363. The van der Waals surface area contributed by atoms with Crippen molar-refractivity contribution in [1.29, 1.82) is 0 Å². The molecule has 0 atom stereocenters. The van der Waals surface area contributed by atoms with Gasteiger partial charge in [0.25, 0.3) is 0 Å². The van der Waals surface area contributed by atoms with Crippen LogP contribution in [0.2, 0.25) is 0 Å². The van der Waals surface area contributed by atoms with Crippen molar-refractivity contribution in [3.63, 3.8) is 0 Å². The lowest BCUT2D eigenvalue weighted by atomic mass is 10.0. The molecule has 0 saturated carbocycles. The maximum absolute atomic E-state index is 12.5.